The molecular formula is C19H25Cl2N3O2. The summed E-state index contributed by atoms with van der Waals surface area (Å²) in [5.74, 6) is 0.111. The van der Waals surface area contributed by atoms with Crippen molar-refractivity contribution in [3.05, 3.63) is 39.9 Å². The molecule has 0 atom stereocenters. The first-order valence-corrected chi connectivity index (χ1v) is 9.62. The van der Waals surface area contributed by atoms with Crippen LogP contribution in [0.5, 0.6) is 0 Å². The summed E-state index contributed by atoms with van der Waals surface area (Å²) in [5, 5.41) is 0.957. The number of amides is 2. The van der Waals surface area contributed by atoms with Crippen LogP contribution < -0.4 is 0 Å². The molecule has 0 spiro atoms. The van der Waals surface area contributed by atoms with Crippen LogP contribution in [0.25, 0.3) is 6.08 Å². The molecule has 26 heavy (non-hydrogen) atoms. The lowest BCUT2D eigenvalue weighted by molar-refractivity contribution is -0.133. The molecule has 0 aromatic heterocycles. The normalized spacial score (nSPS) is 15.5. The molecule has 0 bridgehead atoms. The first-order valence-electron chi connectivity index (χ1n) is 8.86. The molecule has 1 fully saturated rings. The number of carbonyl (C=O) groups is 2. The molecule has 0 radical (unpaired) electrons. The van der Waals surface area contributed by atoms with Crippen molar-refractivity contribution in [3.63, 3.8) is 0 Å². The molecule has 2 amide bonds. The second kappa shape index (κ2) is 9.95. The predicted octanol–water partition coefficient (Wildman–Crippen LogP) is 3.02. The Labute approximate surface area is 165 Å². The molecule has 5 nitrogen and oxygen atoms in total. The zero-order valence-corrected chi connectivity index (χ0v) is 16.8. The number of rotatable bonds is 6. The van der Waals surface area contributed by atoms with Gasteiger partial charge >= 0.3 is 0 Å². The van der Waals surface area contributed by atoms with E-state index in [1.54, 1.807) is 29.2 Å². The van der Waals surface area contributed by atoms with E-state index in [4.69, 9.17) is 23.2 Å². The van der Waals surface area contributed by atoms with Crippen LogP contribution in [0.2, 0.25) is 10.0 Å². The van der Waals surface area contributed by atoms with Gasteiger partial charge in [-0.2, -0.15) is 0 Å². The SMILES string of the molecule is CCN(CC)C(=O)CN1CCN(C(=O)/C=C/c2ccc(Cl)c(Cl)c2)CC1. The Morgan fingerprint density at radius 2 is 1.73 bits per heavy atom. The smallest absolute Gasteiger partial charge is 0.246 e. The summed E-state index contributed by atoms with van der Waals surface area (Å²) >= 11 is 11.9. The van der Waals surface area contributed by atoms with Crippen molar-refractivity contribution in [2.24, 2.45) is 0 Å². The average Bonchev–Trinajstić information content (AvgIpc) is 2.64. The highest BCUT2D eigenvalue weighted by Gasteiger charge is 2.22. The highest BCUT2D eigenvalue weighted by atomic mass is 35.5. The van der Waals surface area contributed by atoms with Crippen LogP contribution in [0.4, 0.5) is 0 Å². The van der Waals surface area contributed by atoms with Gasteiger partial charge in [-0.3, -0.25) is 14.5 Å². The van der Waals surface area contributed by atoms with E-state index >= 15 is 0 Å². The first kappa shape index (κ1) is 20.7. The number of piperazine rings is 1. The lowest BCUT2D eigenvalue weighted by Gasteiger charge is -2.34. The zero-order chi connectivity index (χ0) is 19.1. The minimum absolute atomic E-state index is 0.0363. The molecule has 1 aromatic rings. The standard InChI is InChI=1S/C19H25Cl2N3O2/c1-3-23(4-2)19(26)14-22-9-11-24(12-10-22)18(25)8-6-15-5-7-16(20)17(21)13-15/h5-8,13H,3-4,9-12,14H2,1-2H3/b8-6+. The lowest BCUT2D eigenvalue weighted by Crippen LogP contribution is -2.51. The summed E-state index contributed by atoms with van der Waals surface area (Å²) in [6.07, 6.45) is 3.29. The topological polar surface area (TPSA) is 43.9 Å². The van der Waals surface area contributed by atoms with Crippen molar-refractivity contribution in [2.45, 2.75) is 13.8 Å². The molecule has 1 aliphatic heterocycles. The van der Waals surface area contributed by atoms with Gasteiger partial charge in [-0.1, -0.05) is 29.3 Å². The van der Waals surface area contributed by atoms with Gasteiger partial charge in [-0.05, 0) is 37.6 Å². The third kappa shape index (κ3) is 5.73. The monoisotopic (exact) mass is 397 g/mol. The number of hydrogen-bond acceptors (Lipinski definition) is 3. The summed E-state index contributed by atoms with van der Waals surface area (Å²) < 4.78 is 0. The van der Waals surface area contributed by atoms with Crippen molar-refractivity contribution >= 4 is 41.1 Å². The van der Waals surface area contributed by atoms with Gasteiger partial charge in [0, 0.05) is 45.3 Å². The number of halogens is 2. The Morgan fingerprint density at radius 1 is 1.08 bits per heavy atom. The largest absolute Gasteiger partial charge is 0.342 e. The van der Waals surface area contributed by atoms with E-state index in [0.29, 0.717) is 42.8 Å². The number of hydrogen-bond donors (Lipinski definition) is 0. The van der Waals surface area contributed by atoms with Gasteiger partial charge in [0.05, 0.1) is 16.6 Å². The maximum Gasteiger partial charge on any atom is 0.246 e. The fourth-order valence-electron chi connectivity index (χ4n) is 2.88. The molecule has 142 valence electrons. The van der Waals surface area contributed by atoms with Crippen molar-refractivity contribution in [2.75, 3.05) is 45.8 Å². The minimum Gasteiger partial charge on any atom is -0.342 e. The molecule has 1 aromatic carbocycles. The van der Waals surface area contributed by atoms with E-state index in [-0.39, 0.29) is 11.8 Å². The zero-order valence-electron chi connectivity index (χ0n) is 15.3. The third-order valence-electron chi connectivity index (χ3n) is 4.52. The van der Waals surface area contributed by atoms with Crippen LogP contribution in [0, 0.1) is 0 Å². The van der Waals surface area contributed by atoms with Crippen molar-refractivity contribution in [1.82, 2.24) is 14.7 Å². The Morgan fingerprint density at radius 3 is 2.31 bits per heavy atom. The second-order valence-corrected chi connectivity index (χ2v) is 6.99. The minimum atomic E-state index is -0.0363. The van der Waals surface area contributed by atoms with Crippen LogP contribution >= 0.6 is 23.2 Å². The quantitative estimate of drug-likeness (QED) is 0.692. The highest BCUT2D eigenvalue weighted by molar-refractivity contribution is 6.42. The Bertz CT molecular complexity index is 667. The van der Waals surface area contributed by atoms with E-state index in [9.17, 15) is 9.59 Å². The molecule has 1 heterocycles. The van der Waals surface area contributed by atoms with E-state index in [1.165, 1.54) is 0 Å². The van der Waals surface area contributed by atoms with Crippen LogP contribution in [0.15, 0.2) is 24.3 Å². The van der Waals surface area contributed by atoms with Gasteiger partial charge in [0.25, 0.3) is 0 Å². The van der Waals surface area contributed by atoms with Crippen molar-refractivity contribution in [3.8, 4) is 0 Å². The second-order valence-electron chi connectivity index (χ2n) is 6.17. The van der Waals surface area contributed by atoms with E-state index in [0.717, 1.165) is 18.7 Å². The molecule has 7 heteroatoms. The predicted molar refractivity (Wildman–Crippen MR) is 106 cm³/mol. The molecule has 0 saturated carbocycles. The fourth-order valence-corrected chi connectivity index (χ4v) is 3.19. The molecule has 1 aliphatic rings. The summed E-state index contributed by atoms with van der Waals surface area (Å²) in [6, 6.07) is 5.25. The molecule has 0 aliphatic carbocycles. The average molecular weight is 398 g/mol. The number of carbonyl (C=O) groups excluding carboxylic acids is 2. The van der Waals surface area contributed by atoms with Gasteiger partial charge in [0.15, 0.2) is 0 Å². The van der Waals surface area contributed by atoms with E-state index < -0.39 is 0 Å². The van der Waals surface area contributed by atoms with Gasteiger partial charge in [0.1, 0.15) is 0 Å². The fraction of sp³-hybridized carbons (Fsp3) is 0.474. The first-order chi connectivity index (χ1) is 12.4. The van der Waals surface area contributed by atoms with Gasteiger partial charge in [0.2, 0.25) is 11.8 Å². The van der Waals surface area contributed by atoms with Gasteiger partial charge in [-0.25, -0.2) is 0 Å². The molecule has 1 saturated heterocycles. The van der Waals surface area contributed by atoms with Crippen molar-refractivity contribution < 1.29 is 9.59 Å². The Kier molecular flexibility index (Phi) is 7.94. The Balaban J connectivity index is 1.83. The lowest BCUT2D eigenvalue weighted by atomic mass is 10.2. The summed E-state index contributed by atoms with van der Waals surface area (Å²) in [7, 11) is 0. The molecule has 2 rings (SSSR count). The third-order valence-corrected chi connectivity index (χ3v) is 5.26. The molecular weight excluding hydrogens is 373 g/mol. The van der Waals surface area contributed by atoms with Gasteiger partial charge in [-0.15, -0.1) is 0 Å². The maximum atomic E-state index is 12.3. The Hall–Kier alpha value is -1.56. The van der Waals surface area contributed by atoms with E-state index in [2.05, 4.69) is 4.90 Å². The number of benzene rings is 1. The van der Waals surface area contributed by atoms with Crippen LogP contribution in [-0.4, -0.2) is 72.3 Å². The summed E-state index contributed by atoms with van der Waals surface area (Å²) in [5.41, 5.74) is 0.830. The number of likely N-dealkylation sites (N-methyl/N-ethyl adjacent to an activating group) is 1. The summed E-state index contributed by atoms with van der Waals surface area (Å²) in [4.78, 5) is 30.2. The van der Waals surface area contributed by atoms with Crippen LogP contribution in [0.1, 0.15) is 19.4 Å². The maximum absolute atomic E-state index is 12.3. The van der Waals surface area contributed by atoms with Crippen LogP contribution in [-0.2, 0) is 9.59 Å². The molecule has 0 N–H and O–H groups in total. The number of nitrogens with zero attached hydrogens (tertiary/aromatic N) is 3. The highest BCUT2D eigenvalue weighted by Crippen LogP contribution is 2.23. The van der Waals surface area contributed by atoms with E-state index in [1.807, 2.05) is 24.8 Å². The molecule has 0 unspecified atom stereocenters. The van der Waals surface area contributed by atoms with Crippen molar-refractivity contribution in [1.29, 1.82) is 0 Å². The van der Waals surface area contributed by atoms with Gasteiger partial charge < -0.3 is 9.80 Å². The summed E-state index contributed by atoms with van der Waals surface area (Å²) in [6.45, 7) is 8.50. The van der Waals surface area contributed by atoms with Crippen LogP contribution in [0.3, 0.4) is 0 Å².